The molecule has 9 heteroatoms. The van der Waals surface area contributed by atoms with Crippen LogP contribution in [-0.2, 0) is 13.3 Å². The van der Waals surface area contributed by atoms with Gasteiger partial charge < -0.3 is 15.4 Å². The van der Waals surface area contributed by atoms with E-state index in [2.05, 4.69) is 20.8 Å². The molecule has 33 heavy (non-hydrogen) atoms. The summed E-state index contributed by atoms with van der Waals surface area (Å²) in [6.07, 6.45) is 3.28. The molecule has 0 spiro atoms. The molecular weight excluding hydrogens is 420 g/mol. The van der Waals surface area contributed by atoms with E-state index in [-0.39, 0.29) is 18.1 Å². The van der Waals surface area contributed by atoms with E-state index in [0.717, 1.165) is 11.3 Å². The summed E-state index contributed by atoms with van der Waals surface area (Å²) in [5.74, 6) is -0.116. The van der Waals surface area contributed by atoms with Gasteiger partial charge in [0.05, 0.1) is 5.69 Å². The summed E-state index contributed by atoms with van der Waals surface area (Å²) in [6, 6.07) is 18.3. The molecule has 2 amide bonds. The molecule has 0 unspecified atom stereocenters. The van der Waals surface area contributed by atoms with Crippen LogP contribution in [0, 0.1) is 6.92 Å². The number of para-hydroxylation sites is 2. The van der Waals surface area contributed by atoms with E-state index < -0.39 is 11.8 Å². The first-order chi connectivity index (χ1) is 16.0. The number of anilines is 2. The fourth-order valence-corrected chi connectivity index (χ4v) is 3.15. The minimum Gasteiger partial charge on any atom is -0.471 e. The molecule has 2 heterocycles. The molecule has 2 N–H and O–H groups in total. The first kappa shape index (κ1) is 21.8. The van der Waals surface area contributed by atoms with E-state index >= 15 is 0 Å². The van der Waals surface area contributed by atoms with E-state index in [1.54, 1.807) is 35.3 Å². The molecule has 4 rings (SSSR count). The zero-order valence-electron chi connectivity index (χ0n) is 18.4. The van der Waals surface area contributed by atoms with Crippen molar-refractivity contribution >= 4 is 23.2 Å². The lowest BCUT2D eigenvalue weighted by Crippen LogP contribution is -2.18. The van der Waals surface area contributed by atoms with Gasteiger partial charge in [0, 0.05) is 24.6 Å². The van der Waals surface area contributed by atoms with Crippen LogP contribution < -0.4 is 15.4 Å². The number of rotatable bonds is 8. The molecular formula is C24H24N6O3. The predicted octanol–water partition coefficient (Wildman–Crippen LogP) is 3.95. The highest BCUT2D eigenvalue weighted by Crippen LogP contribution is 2.18. The summed E-state index contributed by atoms with van der Waals surface area (Å²) in [7, 11) is 0. The normalized spacial score (nSPS) is 10.6. The van der Waals surface area contributed by atoms with Crippen molar-refractivity contribution in [2.45, 2.75) is 27.1 Å². The van der Waals surface area contributed by atoms with Gasteiger partial charge in [-0.2, -0.15) is 10.2 Å². The molecule has 0 saturated carbocycles. The Labute approximate surface area is 191 Å². The standard InChI is InChI=1S/C24H24N6O3/c1-3-29-15-20(22(28-29)24(32)25-18-10-5-4-6-11-18)26-23(31)19-13-14-30(27-19)16-33-21-12-8-7-9-17(21)2/h4-15H,3,16H2,1-2H3,(H,25,32)(H,26,31). The third kappa shape index (κ3) is 5.27. The second-order valence-corrected chi connectivity index (χ2v) is 7.30. The number of nitrogens with one attached hydrogen (secondary N) is 2. The van der Waals surface area contributed by atoms with Gasteiger partial charge in [-0.25, -0.2) is 4.68 Å². The number of carbonyl (C=O) groups is 2. The number of ether oxygens (including phenoxy) is 1. The Morgan fingerprint density at radius 1 is 0.909 bits per heavy atom. The lowest BCUT2D eigenvalue weighted by Gasteiger charge is -2.08. The average Bonchev–Trinajstić information content (AvgIpc) is 3.46. The van der Waals surface area contributed by atoms with Crippen molar-refractivity contribution in [3.63, 3.8) is 0 Å². The maximum Gasteiger partial charge on any atom is 0.278 e. The van der Waals surface area contributed by atoms with Gasteiger partial charge >= 0.3 is 0 Å². The molecule has 4 aromatic rings. The van der Waals surface area contributed by atoms with Crippen molar-refractivity contribution in [1.82, 2.24) is 19.6 Å². The van der Waals surface area contributed by atoms with E-state index in [0.29, 0.717) is 17.9 Å². The van der Waals surface area contributed by atoms with Crippen molar-refractivity contribution in [2.24, 2.45) is 0 Å². The van der Waals surface area contributed by atoms with Crippen LogP contribution in [-0.4, -0.2) is 31.4 Å². The predicted molar refractivity (Wildman–Crippen MR) is 124 cm³/mol. The molecule has 0 bridgehead atoms. The zero-order valence-corrected chi connectivity index (χ0v) is 18.4. The Hall–Kier alpha value is -4.40. The highest BCUT2D eigenvalue weighted by Gasteiger charge is 2.20. The van der Waals surface area contributed by atoms with Crippen molar-refractivity contribution in [3.8, 4) is 5.75 Å². The minimum atomic E-state index is -0.450. The van der Waals surface area contributed by atoms with Crippen LogP contribution in [0.5, 0.6) is 5.75 Å². The summed E-state index contributed by atoms with van der Waals surface area (Å²) in [5.41, 5.74) is 2.27. The summed E-state index contributed by atoms with van der Waals surface area (Å²) in [6.45, 7) is 4.57. The number of hydrogen-bond donors (Lipinski definition) is 2. The number of hydrogen-bond acceptors (Lipinski definition) is 5. The molecule has 0 aliphatic carbocycles. The molecule has 0 fully saturated rings. The Morgan fingerprint density at radius 2 is 1.67 bits per heavy atom. The number of aryl methyl sites for hydroxylation is 2. The Bertz CT molecular complexity index is 1260. The summed E-state index contributed by atoms with van der Waals surface area (Å²) in [5, 5.41) is 14.1. The Morgan fingerprint density at radius 3 is 2.42 bits per heavy atom. The van der Waals surface area contributed by atoms with Crippen LogP contribution in [0.4, 0.5) is 11.4 Å². The van der Waals surface area contributed by atoms with Gasteiger partial charge in [-0.3, -0.25) is 14.3 Å². The maximum atomic E-state index is 12.8. The van der Waals surface area contributed by atoms with Crippen LogP contribution in [0.2, 0.25) is 0 Å². The molecule has 2 aromatic heterocycles. The van der Waals surface area contributed by atoms with Crippen molar-refractivity contribution in [3.05, 3.63) is 90.0 Å². The van der Waals surface area contributed by atoms with Gasteiger partial charge in [-0.05, 0) is 43.7 Å². The number of aromatic nitrogens is 4. The van der Waals surface area contributed by atoms with E-state index in [9.17, 15) is 9.59 Å². The second kappa shape index (κ2) is 9.82. The van der Waals surface area contributed by atoms with Crippen LogP contribution in [0.3, 0.4) is 0 Å². The van der Waals surface area contributed by atoms with Crippen LogP contribution in [0.15, 0.2) is 73.1 Å². The fraction of sp³-hybridized carbons (Fsp3) is 0.167. The van der Waals surface area contributed by atoms with Gasteiger partial charge in [0.25, 0.3) is 11.8 Å². The highest BCUT2D eigenvalue weighted by molar-refractivity contribution is 6.10. The number of carbonyl (C=O) groups excluding carboxylic acids is 2. The largest absolute Gasteiger partial charge is 0.471 e. The third-order valence-electron chi connectivity index (χ3n) is 4.90. The summed E-state index contributed by atoms with van der Waals surface area (Å²) < 4.78 is 8.88. The number of benzene rings is 2. The first-order valence-electron chi connectivity index (χ1n) is 10.5. The van der Waals surface area contributed by atoms with E-state index in [1.807, 2.05) is 56.3 Å². The maximum absolute atomic E-state index is 12.8. The third-order valence-corrected chi connectivity index (χ3v) is 4.90. The summed E-state index contributed by atoms with van der Waals surface area (Å²) in [4.78, 5) is 25.5. The molecule has 2 aromatic carbocycles. The van der Waals surface area contributed by atoms with Crippen molar-refractivity contribution in [1.29, 1.82) is 0 Å². The van der Waals surface area contributed by atoms with Gasteiger partial charge in [0.15, 0.2) is 18.1 Å². The molecule has 0 aliphatic rings. The molecule has 0 radical (unpaired) electrons. The number of nitrogens with zero attached hydrogens (tertiary/aromatic N) is 4. The Kier molecular flexibility index (Phi) is 6.49. The fourth-order valence-electron chi connectivity index (χ4n) is 3.15. The summed E-state index contributed by atoms with van der Waals surface area (Å²) >= 11 is 0. The SMILES string of the molecule is CCn1cc(NC(=O)c2ccn(COc3ccccc3C)n2)c(C(=O)Nc2ccccc2)n1. The molecule has 0 atom stereocenters. The van der Waals surface area contributed by atoms with E-state index in [1.165, 1.54) is 4.68 Å². The molecule has 0 aliphatic heterocycles. The first-order valence-corrected chi connectivity index (χ1v) is 10.5. The Balaban J connectivity index is 1.44. The van der Waals surface area contributed by atoms with Crippen LogP contribution >= 0.6 is 0 Å². The average molecular weight is 444 g/mol. The van der Waals surface area contributed by atoms with Gasteiger partial charge in [-0.1, -0.05) is 36.4 Å². The second-order valence-electron chi connectivity index (χ2n) is 7.30. The lowest BCUT2D eigenvalue weighted by atomic mass is 10.2. The topological polar surface area (TPSA) is 103 Å². The van der Waals surface area contributed by atoms with Crippen LogP contribution in [0.1, 0.15) is 33.5 Å². The van der Waals surface area contributed by atoms with E-state index in [4.69, 9.17) is 4.74 Å². The van der Waals surface area contributed by atoms with Crippen LogP contribution in [0.25, 0.3) is 0 Å². The number of amides is 2. The smallest absolute Gasteiger partial charge is 0.278 e. The molecule has 0 saturated heterocycles. The monoisotopic (exact) mass is 444 g/mol. The highest BCUT2D eigenvalue weighted by atomic mass is 16.5. The zero-order chi connectivity index (χ0) is 23.2. The molecule has 168 valence electrons. The van der Waals surface area contributed by atoms with Gasteiger partial charge in [-0.15, -0.1) is 0 Å². The van der Waals surface area contributed by atoms with Crippen molar-refractivity contribution < 1.29 is 14.3 Å². The van der Waals surface area contributed by atoms with Gasteiger partial charge in [0.1, 0.15) is 5.75 Å². The van der Waals surface area contributed by atoms with Crippen molar-refractivity contribution in [2.75, 3.05) is 10.6 Å². The van der Waals surface area contributed by atoms with Gasteiger partial charge in [0.2, 0.25) is 0 Å². The lowest BCUT2D eigenvalue weighted by molar-refractivity contribution is 0.102. The minimum absolute atomic E-state index is 0.122. The molecule has 9 nitrogen and oxygen atoms in total. The quantitative estimate of drug-likeness (QED) is 0.428.